The van der Waals surface area contributed by atoms with Gasteiger partial charge in [0, 0.05) is 19.5 Å². The number of pyridine rings is 1. The summed E-state index contributed by atoms with van der Waals surface area (Å²) in [7, 11) is 0. The molecule has 2 aliphatic heterocycles. The lowest BCUT2D eigenvalue weighted by molar-refractivity contribution is -0.125. The number of carbonyl (C=O) groups excluding carboxylic acids is 2. The zero-order chi connectivity index (χ0) is 20.4. The minimum Gasteiger partial charge on any atom is -0.382 e. The Morgan fingerprint density at radius 2 is 2.17 bits per heavy atom. The molecule has 8 nitrogen and oxygen atoms in total. The second-order valence-electron chi connectivity index (χ2n) is 7.02. The largest absolute Gasteiger partial charge is 0.382 e. The van der Waals surface area contributed by atoms with Crippen molar-refractivity contribution < 1.29 is 14.4 Å². The van der Waals surface area contributed by atoms with Crippen LogP contribution in [-0.2, 0) is 14.4 Å². The zero-order valence-corrected chi connectivity index (χ0v) is 17.1. The van der Waals surface area contributed by atoms with Gasteiger partial charge in [0.2, 0.25) is 12.0 Å². The van der Waals surface area contributed by atoms with Crippen LogP contribution >= 0.6 is 22.9 Å². The van der Waals surface area contributed by atoms with Crippen LogP contribution in [0.2, 0.25) is 4.34 Å². The monoisotopic (exact) mass is 433 g/mol. The van der Waals surface area contributed by atoms with Gasteiger partial charge in [-0.3, -0.25) is 9.59 Å². The van der Waals surface area contributed by atoms with Gasteiger partial charge in [0.05, 0.1) is 27.0 Å². The highest BCUT2D eigenvalue weighted by Gasteiger charge is 2.30. The Hall–Kier alpha value is -2.65. The first kappa shape index (κ1) is 19.7. The molecule has 0 spiro atoms. The molecule has 1 saturated heterocycles. The summed E-state index contributed by atoms with van der Waals surface area (Å²) in [5, 5.41) is 6.81. The highest BCUT2D eigenvalue weighted by atomic mass is 35.5. The average Bonchev–Trinajstić information content (AvgIpc) is 3.38. The molecule has 29 heavy (non-hydrogen) atoms. The Morgan fingerprint density at radius 3 is 2.86 bits per heavy atom. The quantitative estimate of drug-likeness (QED) is 0.753. The van der Waals surface area contributed by atoms with Crippen LogP contribution in [0.1, 0.15) is 24.1 Å². The minimum absolute atomic E-state index is 0.156. The molecule has 0 saturated carbocycles. The van der Waals surface area contributed by atoms with Crippen molar-refractivity contribution in [3.8, 4) is 0 Å². The molecule has 0 aromatic carbocycles. The van der Waals surface area contributed by atoms with E-state index in [0.29, 0.717) is 28.7 Å². The van der Waals surface area contributed by atoms with Crippen molar-refractivity contribution in [2.75, 3.05) is 23.3 Å². The summed E-state index contributed by atoms with van der Waals surface area (Å²) < 4.78 is 0.664. The number of hydrogen-bond donors (Lipinski definition) is 2. The molecule has 0 bridgehead atoms. The summed E-state index contributed by atoms with van der Waals surface area (Å²) >= 11 is 7.35. The summed E-state index contributed by atoms with van der Waals surface area (Å²) in [5.74, 6) is 0.0393. The van der Waals surface area contributed by atoms with Crippen molar-refractivity contribution in [2.45, 2.75) is 25.4 Å². The molecule has 0 radical (unpaired) electrons. The molecule has 0 aliphatic carbocycles. The maximum Gasteiger partial charge on any atom is 0.268 e. The molecular formula is C19H20ClN5O3S. The Morgan fingerprint density at radius 1 is 1.31 bits per heavy atom. The zero-order valence-electron chi connectivity index (χ0n) is 15.5. The Balaban J connectivity index is 1.33. The van der Waals surface area contributed by atoms with Crippen molar-refractivity contribution in [1.82, 2.24) is 4.98 Å². The van der Waals surface area contributed by atoms with Crippen LogP contribution in [0.3, 0.4) is 0 Å². The maximum absolute atomic E-state index is 12.5. The summed E-state index contributed by atoms with van der Waals surface area (Å²) in [6.07, 6.45) is 2.99. The number of nitrogens with zero attached hydrogens (tertiary/aromatic N) is 3. The lowest BCUT2D eigenvalue weighted by Gasteiger charge is -2.32. The Bertz CT molecular complexity index is 946. The second-order valence-corrected chi connectivity index (χ2v) is 8.74. The predicted molar refractivity (Wildman–Crippen MR) is 112 cm³/mol. The molecule has 3 N–H and O–H groups in total. The van der Waals surface area contributed by atoms with Crippen LogP contribution in [0.4, 0.5) is 11.5 Å². The third kappa shape index (κ3) is 4.51. The number of amides is 2. The smallest absolute Gasteiger partial charge is 0.268 e. The molecule has 2 atom stereocenters. The number of carbonyl (C=O) groups is 2. The number of nitrogens with two attached hydrogens (primary N) is 1. The van der Waals surface area contributed by atoms with Gasteiger partial charge in [0.1, 0.15) is 11.5 Å². The molecule has 4 heterocycles. The molecule has 2 aliphatic rings. The van der Waals surface area contributed by atoms with E-state index < -0.39 is 6.10 Å². The third-order valence-corrected chi connectivity index (χ3v) is 6.26. The van der Waals surface area contributed by atoms with E-state index in [2.05, 4.69) is 15.5 Å². The molecule has 4 rings (SSSR count). The molecule has 2 aromatic rings. The lowest BCUT2D eigenvalue weighted by atomic mass is 9.97. The van der Waals surface area contributed by atoms with E-state index >= 15 is 0 Å². The molecule has 10 heteroatoms. The van der Waals surface area contributed by atoms with Gasteiger partial charge in [-0.25, -0.2) is 4.98 Å². The number of rotatable bonds is 5. The average molecular weight is 434 g/mol. The lowest BCUT2D eigenvalue weighted by Crippen LogP contribution is -2.41. The minimum atomic E-state index is -0.691. The van der Waals surface area contributed by atoms with Crippen molar-refractivity contribution in [3.63, 3.8) is 0 Å². The topological polar surface area (TPSA) is 110 Å². The molecular weight excluding hydrogens is 414 g/mol. The van der Waals surface area contributed by atoms with Crippen LogP contribution in [0, 0.1) is 5.92 Å². The van der Waals surface area contributed by atoms with E-state index in [0.717, 1.165) is 30.1 Å². The van der Waals surface area contributed by atoms with Crippen LogP contribution in [-0.4, -0.2) is 41.7 Å². The third-order valence-electron chi connectivity index (χ3n) is 4.98. The number of anilines is 2. The first-order chi connectivity index (χ1) is 14.0. The fourth-order valence-corrected chi connectivity index (χ4v) is 4.45. The van der Waals surface area contributed by atoms with Crippen LogP contribution in [0.15, 0.2) is 35.6 Å². The van der Waals surface area contributed by atoms with Gasteiger partial charge < -0.3 is 20.8 Å². The normalized spacial score (nSPS) is 21.4. The summed E-state index contributed by atoms with van der Waals surface area (Å²) in [5.41, 5.74) is 6.71. The number of thiophene rings is 1. The highest BCUT2D eigenvalue weighted by Crippen LogP contribution is 2.27. The molecule has 152 valence electrons. The van der Waals surface area contributed by atoms with Gasteiger partial charge in [0.15, 0.2) is 0 Å². The Labute approximate surface area is 176 Å². The van der Waals surface area contributed by atoms with E-state index in [-0.39, 0.29) is 17.7 Å². The molecule has 2 amide bonds. The van der Waals surface area contributed by atoms with Crippen molar-refractivity contribution in [2.24, 2.45) is 16.8 Å². The predicted octanol–water partition coefficient (Wildman–Crippen LogP) is 2.63. The number of nitrogens with one attached hydrogen (secondary N) is 1. The SMILES string of the molecule is NC(=O)C1CCCN(c2ccc(NC(=O)C3CC(c4ccc(Cl)s4)=NO3)cn2)C1. The molecule has 2 aromatic heterocycles. The summed E-state index contributed by atoms with van der Waals surface area (Å²) in [4.78, 5) is 36.6. The van der Waals surface area contributed by atoms with E-state index in [1.807, 2.05) is 17.0 Å². The van der Waals surface area contributed by atoms with Gasteiger partial charge in [0.25, 0.3) is 5.91 Å². The van der Waals surface area contributed by atoms with Gasteiger partial charge in [-0.1, -0.05) is 16.8 Å². The van der Waals surface area contributed by atoms with Gasteiger partial charge in [-0.2, -0.15) is 0 Å². The van der Waals surface area contributed by atoms with E-state index in [4.69, 9.17) is 22.2 Å². The van der Waals surface area contributed by atoms with Gasteiger partial charge >= 0.3 is 0 Å². The number of halogens is 1. The number of primary amides is 1. The maximum atomic E-state index is 12.5. The van der Waals surface area contributed by atoms with Gasteiger partial charge in [-0.15, -0.1) is 11.3 Å². The van der Waals surface area contributed by atoms with Crippen molar-refractivity contribution in [3.05, 3.63) is 39.7 Å². The number of hydrogen-bond acceptors (Lipinski definition) is 7. The molecule has 2 unspecified atom stereocenters. The Kier molecular flexibility index (Phi) is 5.68. The number of piperidine rings is 1. The van der Waals surface area contributed by atoms with E-state index in [1.165, 1.54) is 11.3 Å². The molecule has 1 fully saturated rings. The number of oxime groups is 1. The summed E-state index contributed by atoms with van der Waals surface area (Å²) in [6.45, 7) is 1.39. The van der Waals surface area contributed by atoms with Gasteiger partial charge in [-0.05, 0) is 37.1 Å². The van der Waals surface area contributed by atoms with E-state index in [1.54, 1.807) is 18.3 Å². The fourth-order valence-electron chi connectivity index (χ4n) is 3.42. The second kappa shape index (κ2) is 8.38. The first-order valence-corrected chi connectivity index (χ1v) is 10.5. The number of aromatic nitrogens is 1. The van der Waals surface area contributed by atoms with Crippen molar-refractivity contribution >= 4 is 52.0 Å². The van der Waals surface area contributed by atoms with Crippen LogP contribution in [0.5, 0.6) is 0 Å². The van der Waals surface area contributed by atoms with Crippen LogP contribution in [0.25, 0.3) is 0 Å². The van der Waals surface area contributed by atoms with Crippen LogP contribution < -0.4 is 16.0 Å². The standard InChI is InChI=1S/C19H20ClN5O3S/c20-16-5-4-15(29-16)13-8-14(28-24-13)19(27)23-12-3-6-17(22-9-12)25-7-1-2-11(10-25)18(21)26/h3-6,9,11,14H,1-2,7-8,10H2,(H2,21,26)(H,23,27). The first-order valence-electron chi connectivity index (χ1n) is 9.29. The highest BCUT2D eigenvalue weighted by molar-refractivity contribution is 7.18. The fraction of sp³-hybridized carbons (Fsp3) is 0.368. The van der Waals surface area contributed by atoms with E-state index in [9.17, 15) is 9.59 Å². The van der Waals surface area contributed by atoms with Crippen molar-refractivity contribution in [1.29, 1.82) is 0 Å². The summed E-state index contributed by atoms with van der Waals surface area (Å²) in [6, 6.07) is 7.26.